The Bertz CT molecular complexity index is 1250. The van der Waals surface area contributed by atoms with Crippen molar-refractivity contribution in [3.05, 3.63) is 89.7 Å². The van der Waals surface area contributed by atoms with Crippen LogP contribution in [-0.4, -0.2) is 13.0 Å². The molecule has 0 aliphatic rings. The Hall–Kier alpha value is -4.24. The molecule has 0 radical (unpaired) electrons. The van der Waals surface area contributed by atoms with E-state index < -0.39 is 0 Å². The van der Waals surface area contributed by atoms with Crippen LogP contribution in [0.4, 0.5) is 5.69 Å². The standard InChI is InChI=1S/C25H20N2O4/c1-29-22-7-3-5-19-15-23(31-24(19)22)25(28)27-20-6-2-4-18(14-20)16-30-21-10-8-17(9-11-21)12-13-26/h2-11,14-15H,12,16H2,1H3,(H,27,28). The largest absolute Gasteiger partial charge is 0.493 e. The summed E-state index contributed by atoms with van der Waals surface area (Å²) in [5, 5.41) is 12.4. The highest BCUT2D eigenvalue weighted by atomic mass is 16.5. The number of carbonyl (C=O) groups excluding carboxylic acids is 1. The molecule has 6 nitrogen and oxygen atoms in total. The van der Waals surface area contributed by atoms with Crippen molar-refractivity contribution in [3.63, 3.8) is 0 Å². The van der Waals surface area contributed by atoms with Crippen molar-refractivity contribution in [2.24, 2.45) is 0 Å². The molecule has 0 saturated heterocycles. The molecule has 1 amide bonds. The van der Waals surface area contributed by atoms with Gasteiger partial charge in [0.25, 0.3) is 5.91 Å². The van der Waals surface area contributed by atoms with Gasteiger partial charge >= 0.3 is 0 Å². The van der Waals surface area contributed by atoms with E-state index in [2.05, 4.69) is 11.4 Å². The van der Waals surface area contributed by atoms with Crippen molar-refractivity contribution in [1.29, 1.82) is 5.26 Å². The summed E-state index contributed by atoms with van der Waals surface area (Å²) >= 11 is 0. The van der Waals surface area contributed by atoms with Gasteiger partial charge < -0.3 is 19.2 Å². The van der Waals surface area contributed by atoms with E-state index in [-0.39, 0.29) is 11.7 Å². The van der Waals surface area contributed by atoms with Gasteiger partial charge in [0, 0.05) is 11.1 Å². The van der Waals surface area contributed by atoms with Crippen LogP contribution in [0.1, 0.15) is 21.7 Å². The van der Waals surface area contributed by atoms with Crippen molar-refractivity contribution in [2.45, 2.75) is 13.0 Å². The highest BCUT2D eigenvalue weighted by molar-refractivity contribution is 6.05. The smallest absolute Gasteiger partial charge is 0.291 e. The van der Waals surface area contributed by atoms with Crippen LogP contribution in [0.2, 0.25) is 0 Å². The summed E-state index contributed by atoms with van der Waals surface area (Å²) < 4.78 is 16.8. The van der Waals surface area contributed by atoms with Crippen molar-refractivity contribution in [3.8, 4) is 17.6 Å². The van der Waals surface area contributed by atoms with Crippen molar-refractivity contribution >= 4 is 22.6 Å². The van der Waals surface area contributed by atoms with E-state index in [9.17, 15) is 4.79 Å². The Morgan fingerprint density at radius 3 is 2.61 bits per heavy atom. The maximum atomic E-state index is 12.7. The summed E-state index contributed by atoms with van der Waals surface area (Å²) in [6.45, 7) is 0.350. The van der Waals surface area contributed by atoms with E-state index in [0.29, 0.717) is 35.8 Å². The van der Waals surface area contributed by atoms with E-state index in [0.717, 1.165) is 16.5 Å². The van der Waals surface area contributed by atoms with E-state index in [1.165, 1.54) is 0 Å². The zero-order valence-electron chi connectivity index (χ0n) is 16.9. The van der Waals surface area contributed by atoms with Gasteiger partial charge in [0.05, 0.1) is 19.6 Å². The second-order valence-electron chi connectivity index (χ2n) is 6.91. The zero-order valence-corrected chi connectivity index (χ0v) is 16.9. The van der Waals surface area contributed by atoms with Crippen LogP contribution in [0.3, 0.4) is 0 Å². The number of methoxy groups -OCH3 is 1. The van der Waals surface area contributed by atoms with E-state index in [1.807, 2.05) is 54.6 Å². The molecule has 0 aliphatic heterocycles. The first-order valence-electron chi connectivity index (χ1n) is 9.72. The lowest BCUT2D eigenvalue weighted by atomic mass is 10.1. The van der Waals surface area contributed by atoms with Crippen LogP contribution < -0.4 is 14.8 Å². The summed E-state index contributed by atoms with van der Waals surface area (Å²) in [4.78, 5) is 12.7. The summed E-state index contributed by atoms with van der Waals surface area (Å²) in [6, 6.07) is 24.2. The molecule has 0 fully saturated rings. The van der Waals surface area contributed by atoms with Gasteiger partial charge in [-0.1, -0.05) is 36.4 Å². The molecular formula is C25H20N2O4. The Balaban J connectivity index is 1.42. The molecule has 0 atom stereocenters. The number of nitriles is 1. The third kappa shape index (κ3) is 4.68. The molecule has 154 valence electrons. The topological polar surface area (TPSA) is 84.5 Å². The highest BCUT2D eigenvalue weighted by Gasteiger charge is 2.15. The molecule has 0 aliphatic carbocycles. The third-order valence-electron chi connectivity index (χ3n) is 4.75. The molecule has 31 heavy (non-hydrogen) atoms. The molecule has 0 unspecified atom stereocenters. The number of ether oxygens (including phenoxy) is 2. The number of hydrogen-bond acceptors (Lipinski definition) is 5. The minimum atomic E-state index is -0.343. The quantitative estimate of drug-likeness (QED) is 0.443. The van der Waals surface area contributed by atoms with Gasteiger partial charge in [0.2, 0.25) is 0 Å². The molecule has 1 aromatic heterocycles. The summed E-state index contributed by atoms with van der Waals surface area (Å²) in [5.41, 5.74) is 3.04. The minimum absolute atomic E-state index is 0.207. The molecule has 0 bridgehead atoms. The number of amides is 1. The molecule has 0 saturated carbocycles. The van der Waals surface area contributed by atoms with E-state index in [1.54, 1.807) is 25.3 Å². The van der Waals surface area contributed by atoms with E-state index >= 15 is 0 Å². The number of benzene rings is 3. The van der Waals surface area contributed by atoms with Gasteiger partial charge in [-0.25, -0.2) is 0 Å². The average Bonchev–Trinajstić information content (AvgIpc) is 3.24. The van der Waals surface area contributed by atoms with Gasteiger partial charge in [-0.3, -0.25) is 4.79 Å². The number of nitrogens with one attached hydrogen (secondary N) is 1. The predicted octanol–water partition coefficient (Wildman–Crippen LogP) is 5.34. The molecule has 4 rings (SSSR count). The minimum Gasteiger partial charge on any atom is -0.493 e. The van der Waals surface area contributed by atoms with Crippen LogP contribution in [0.15, 0.2) is 77.2 Å². The van der Waals surface area contributed by atoms with Crippen LogP contribution in [0.5, 0.6) is 11.5 Å². The number of furan rings is 1. The lowest BCUT2D eigenvalue weighted by Gasteiger charge is -2.09. The first-order chi connectivity index (χ1) is 15.2. The first-order valence-corrected chi connectivity index (χ1v) is 9.72. The maximum absolute atomic E-state index is 12.7. The fourth-order valence-electron chi connectivity index (χ4n) is 3.20. The Labute approximate surface area is 179 Å². The maximum Gasteiger partial charge on any atom is 0.291 e. The molecule has 3 aromatic carbocycles. The molecule has 0 spiro atoms. The number of hydrogen-bond donors (Lipinski definition) is 1. The lowest BCUT2D eigenvalue weighted by molar-refractivity contribution is 0.0998. The summed E-state index contributed by atoms with van der Waals surface area (Å²) in [7, 11) is 1.56. The fraction of sp³-hybridized carbons (Fsp3) is 0.120. The lowest BCUT2D eigenvalue weighted by Crippen LogP contribution is -2.11. The van der Waals surface area contributed by atoms with Gasteiger partial charge in [-0.2, -0.15) is 5.26 Å². The monoisotopic (exact) mass is 412 g/mol. The number of rotatable bonds is 7. The number of fused-ring (bicyclic) bond motifs is 1. The van der Waals surface area contributed by atoms with Crippen molar-refractivity contribution in [2.75, 3.05) is 12.4 Å². The Morgan fingerprint density at radius 1 is 1.03 bits per heavy atom. The van der Waals surface area contributed by atoms with Gasteiger partial charge in [-0.15, -0.1) is 0 Å². The fourth-order valence-corrected chi connectivity index (χ4v) is 3.20. The normalized spacial score (nSPS) is 10.5. The van der Waals surface area contributed by atoms with Crippen molar-refractivity contribution < 1.29 is 18.7 Å². The predicted molar refractivity (Wildman–Crippen MR) is 117 cm³/mol. The Kier molecular flexibility index (Phi) is 5.86. The summed E-state index contributed by atoms with van der Waals surface area (Å²) in [5.74, 6) is 1.16. The van der Waals surface area contributed by atoms with Crippen LogP contribution >= 0.6 is 0 Å². The second-order valence-corrected chi connectivity index (χ2v) is 6.91. The van der Waals surface area contributed by atoms with Gasteiger partial charge in [-0.05, 0) is 47.5 Å². The van der Waals surface area contributed by atoms with Crippen LogP contribution in [0, 0.1) is 11.3 Å². The van der Waals surface area contributed by atoms with Gasteiger partial charge in [0.1, 0.15) is 12.4 Å². The second kappa shape index (κ2) is 9.06. The number of carbonyl (C=O) groups is 1. The number of nitrogens with zero attached hydrogens (tertiary/aromatic N) is 1. The SMILES string of the molecule is COc1cccc2cc(C(=O)Nc3cccc(COc4ccc(CC#N)cc4)c3)oc12. The molecule has 4 aromatic rings. The van der Waals surface area contributed by atoms with E-state index in [4.69, 9.17) is 19.2 Å². The molecule has 1 heterocycles. The average molecular weight is 412 g/mol. The summed E-state index contributed by atoms with van der Waals surface area (Å²) in [6.07, 6.45) is 0.375. The Morgan fingerprint density at radius 2 is 1.84 bits per heavy atom. The van der Waals surface area contributed by atoms with Crippen molar-refractivity contribution in [1.82, 2.24) is 0 Å². The highest BCUT2D eigenvalue weighted by Crippen LogP contribution is 2.29. The van der Waals surface area contributed by atoms with Gasteiger partial charge in [0.15, 0.2) is 17.1 Å². The van der Waals surface area contributed by atoms with Crippen LogP contribution in [-0.2, 0) is 13.0 Å². The molecule has 6 heteroatoms. The number of anilines is 1. The third-order valence-corrected chi connectivity index (χ3v) is 4.75. The number of para-hydroxylation sites is 1. The first kappa shape index (κ1) is 20.0. The molecular weight excluding hydrogens is 392 g/mol. The van der Waals surface area contributed by atoms with Crippen LogP contribution in [0.25, 0.3) is 11.0 Å². The zero-order chi connectivity index (χ0) is 21.6. The molecule has 1 N–H and O–H groups in total.